The lowest BCUT2D eigenvalue weighted by molar-refractivity contribution is -0.158. The van der Waals surface area contributed by atoms with Crippen molar-refractivity contribution in [2.75, 3.05) is 6.61 Å². The van der Waals surface area contributed by atoms with E-state index in [4.69, 9.17) is 9.47 Å². The van der Waals surface area contributed by atoms with Crippen LogP contribution in [-0.2, 0) is 23.9 Å². The third-order valence-corrected chi connectivity index (χ3v) is 6.44. The molecule has 3 atom stereocenters. The SMILES string of the molecule is CC(C)[C@H](NC(=O)[C@H](C)NC(=O)OCC1c2ccccc2-c2ccccc21)C(=O)N[C@@H](C)C(=O)OC(C)(C)C. The lowest BCUT2D eigenvalue weighted by Gasteiger charge is -2.26. The van der Waals surface area contributed by atoms with Crippen LogP contribution in [-0.4, -0.2) is 54.2 Å². The molecule has 210 valence electrons. The highest BCUT2D eigenvalue weighted by molar-refractivity contribution is 5.93. The number of esters is 1. The van der Waals surface area contributed by atoms with Gasteiger partial charge in [0.25, 0.3) is 0 Å². The highest BCUT2D eigenvalue weighted by Gasteiger charge is 2.32. The van der Waals surface area contributed by atoms with Gasteiger partial charge < -0.3 is 25.4 Å². The first-order valence-electron chi connectivity index (χ1n) is 13.2. The van der Waals surface area contributed by atoms with E-state index in [0.717, 1.165) is 22.3 Å². The summed E-state index contributed by atoms with van der Waals surface area (Å²) in [6.45, 7) is 11.9. The van der Waals surface area contributed by atoms with E-state index >= 15 is 0 Å². The van der Waals surface area contributed by atoms with E-state index in [1.54, 1.807) is 34.6 Å². The maximum absolute atomic E-state index is 12.9. The van der Waals surface area contributed by atoms with Gasteiger partial charge in [0.1, 0.15) is 30.3 Å². The Bertz CT molecular complexity index is 1170. The number of carbonyl (C=O) groups excluding carboxylic acids is 4. The van der Waals surface area contributed by atoms with Crippen LogP contribution < -0.4 is 16.0 Å². The minimum atomic E-state index is -0.960. The molecule has 0 saturated carbocycles. The van der Waals surface area contributed by atoms with Gasteiger partial charge in [0, 0.05) is 5.92 Å². The molecule has 0 spiro atoms. The van der Waals surface area contributed by atoms with Gasteiger partial charge in [-0.3, -0.25) is 9.59 Å². The molecule has 0 unspecified atom stereocenters. The average molecular weight is 538 g/mol. The molecule has 1 aliphatic carbocycles. The van der Waals surface area contributed by atoms with Gasteiger partial charge in [-0.1, -0.05) is 62.4 Å². The Kier molecular flexibility index (Phi) is 9.37. The van der Waals surface area contributed by atoms with Crippen LogP contribution in [0.1, 0.15) is 65.5 Å². The molecule has 0 heterocycles. The van der Waals surface area contributed by atoms with Crippen LogP contribution in [0.4, 0.5) is 4.79 Å². The van der Waals surface area contributed by atoms with Crippen LogP contribution in [0.15, 0.2) is 48.5 Å². The third-order valence-electron chi connectivity index (χ3n) is 6.44. The first-order valence-corrected chi connectivity index (χ1v) is 13.2. The van der Waals surface area contributed by atoms with E-state index in [2.05, 4.69) is 28.1 Å². The molecular weight excluding hydrogens is 498 g/mol. The first kappa shape index (κ1) is 29.7. The molecule has 39 heavy (non-hydrogen) atoms. The molecule has 2 aromatic rings. The predicted molar refractivity (Wildman–Crippen MR) is 148 cm³/mol. The molecule has 3 amide bonds. The number of fused-ring (bicyclic) bond motifs is 3. The highest BCUT2D eigenvalue weighted by Crippen LogP contribution is 2.44. The summed E-state index contributed by atoms with van der Waals surface area (Å²) in [4.78, 5) is 50.5. The van der Waals surface area contributed by atoms with Crippen molar-refractivity contribution in [3.05, 3.63) is 59.7 Å². The second-order valence-corrected chi connectivity index (χ2v) is 11.2. The van der Waals surface area contributed by atoms with Gasteiger partial charge in [0.15, 0.2) is 0 Å². The summed E-state index contributed by atoms with van der Waals surface area (Å²) in [6, 6.07) is 13.3. The fraction of sp³-hybridized carbons (Fsp3) is 0.467. The Morgan fingerprint density at radius 1 is 0.769 bits per heavy atom. The third kappa shape index (κ3) is 7.59. The fourth-order valence-electron chi connectivity index (χ4n) is 4.45. The molecule has 0 fully saturated rings. The summed E-state index contributed by atoms with van der Waals surface area (Å²) < 4.78 is 10.8. The van der Waals surface area contributed by atoms with Gasteiger partial charge in [-0.15, -0.1) is 0 Å². The zero-order valence-corrected chi connectivity index (χ0v) is 23.7. The van der Waals surface area contributed by atoms with Crippen LogP contribution in [0.5, 0.6) is 0 Å². The molecule has 9 nitrogen and oxygen atoms in total. The van der Waals surface area contributed by atoms with E-state index < -0.39 is 47.6 Å². The molecule has 0 aromatic heterocycles. The molecule has 1 aliphatic rings. The summed E-state index contributed by atoms with van der Waals surface area (Å²) in [6.07, 6.45) is -0.733. The molecule has 0 radical (unpaired) electrons. The molecular formula is C30H39N3O6. The molecule has 3 rings (SSSR count). The number of carbonyl (C=O) groups is 4. The lowest BCUT2D eigenvalue weighted by Crippen LogP contribution is -2.56. The molecule has 2 aromatic carbocycles. The van der Waals surface area contributed by atoms with E-state index in [-0.39, 0.29) is 18.4 Å². The normalized spacial score (nSPS) is 14.9. The Balaban J connectivity index is 1.54. The van der Waals surface area contributed by atoms with E-state index in [1.165, 1.54) is 13.8 Å². The number of nitrogens with one attached hydrogen (secondary N) is 3. The molecule has 9 heteroatoms. The Hall–Kier alpha value is -3.88. The van der Waals surface area contributed by atoms with Crippen molar-refractivity contribution in [2.45, 2.75) is 78.1 Å². The van der Waals surface area contributed by atoms with Crippen LogP contribution in [0.25, 0.3) is 11.1 Å². The van der Waals surface area contributed by atoms with Crippen molar-refractivity contribution < 1.29 is 28.7 Å². The molecule has 3 N–H and O–H groups in total. The van der Waals surface area contributed by atoms with Gasteiger partial charge >= 0.3 is 12.1 Å². The zero-order chi connectivity index (χ0) is 28.9. The van der Waals surface area contributed by atoms with Gasteiger partial charge in [-0.2, -0.15) is 0 Å². The van der Waals surface area contributed by atoms with Crippen molar-refractivity contribution in [3.8, 4) is 11.1 Å². The number of alkyl carbamates (subject to hydrolysis) is 1. The van der Waals surface area contributed by atoms with Gasteiger partial charge in [0.2, 0.25) is 11.8 Å². The Morgan fingerprint density at radius 3 is 1.82 bits per heavy atom. The van der Waals surface area contributed by atoms with Crippen LogP contribution in [0.2, 0.25) is 0 Å². The van der Waals surface area contributed by atoms with Crippen molar-refractivity contribution in [1.82, 2.24) is 16.0 Å². The monoisotopic (exact) mass is 537 g/mol. The van der Waals surface area contributed by atoms with Crippen molar-refractivity contribution in [1.29, 1.82) is 0 Å². The fourth-order valence-corrected chi connectivity index (χ4v) is 4.45. The number of hydrogen-bond donors (Lipinski definition) is 3. The smallest absolute Gasteiger partial charge is 0.407 e. The van der Waals surface area contributed by atoms with Crippen molar-refractivity contribution >= 4 is 23.9 Å². The maximum Gasteiger partial charge on any atom is 0.407 e. The summed E-state index contributed by atoms with van der Waals surface area (Å²) >= 11 is 0. The Morgan fingerprint density at radius 2 is 1.31 bits per heavy atom. The number of ether oxygens (including phenoxy) is 2. The number of benzene rings is 2. The van der Waals surface area contributed by atoms with E-state index in [0.29, 0.717) is 0 Å². The summed E-state index contributed by atoms with van der Waals surface area (Å²) in [5.41, 5.74) is 3.72. The number of rotatable bonds is 9. The average Bonchev–Trinajstić information content (AvgIpc) is 3.18. The van der Waals surface area contributed by atoms with E-state index in [9.17, 15) is 19.2 Å². The van der Waals surface area contributed by atoms with Gasteiger partial charge in [-0.25, -0.2) is 9.59 Å². The Labute approximate surface area is 230 Å². The van der Waals surface area contributed by atoms with Gasteiger partial charge in [0.05, 0.1) is 0 Å². The minimum absolute atomic E-state index is 0.103. The number of hydrogen-bond acceptors (Lipinski definition) is 6. The second-order valence-electron chi connectivity index (χ2n) is 11.2. The van der Waals surface area contributed by atoms with Crippen LogP contribution >= 0.6 is 0 Å². The number of amides is 3. The zero-order valence-electron chi connectivity index (χ0n) is 23.7. The highest BCUT2D eigenvalue weighted by atomic mass is 16.6. The molecule has 0 aliphatic heterocycles. The summed E-state index contributed by atoms with van der Waals surface area (Å²) in [7, 11) is 0. The van der Waals surface area contributed by atoms with E-state index in [1.807, 2.05) is 36.4 Å². The quantitative estimate of drug-likeness (QED) is 0.417. The van der Waals surface area contributed by atoms with Crippen molar-refractivity contribution in [2.24, 2.45) is 5.92 Å². The summed E-state index contributed by atoms with van der Waals surface area (Å²) in [5, 5.41) is 7.80. The molecule has 0 bridgehead atoms. The predicted octanol–water partition coefficient (Wildman–Crippen LogP) is 3.90. The minimum Gasteiger partial charge on any atom is -0.458 e. The van der Waals surface area contributed by atoms with Crippen LogP contribution in [0.3, 0.4) is 0 Å². The molecule has 0 saturated heterocycles. The standard InChI is InChI=1S/C30H39N3O6/c1-17(2)25(27(35)31-19(4)28(36)39-30(5,6)7)33-26(34)18(3)32-29(37)38-16-24-22-14-10-8-12-20(22)21-13-9-11-15-23(21)24/h8-15,17-19,24-25H,16H2,1-7H3,(H,31,35)(H,32,37)(H,33,34)/t18-,19-,25-/m0/s1. The second kappa shape index (κ2) is 12.3. The van der Waals surface area contributed by atoms with Crippen molar-refractivity contribution in [3.63, 3.8) is 0 Å². The lowest BCUT2D eigenvalue weighted by atomic mass is 9.98. The van der Waals surface area contributed by atoms with Gasteiger partial charge in [-0.05, 0) is 62.8 Å². The summed E-state index contributed by atoms with van der Waals surface area (Å²) in [5.74, 6) is -2.03. The first-order chi connectivity index (χ1) is 18.3. The van der Waals surface area contributed by atoms with Crippen LogP contribution in [0, 0.1) is 5.92 Å². The maximum atomic E-state index is 12.9. The largest absolute Gasteiger partial charge is 0.458 e. The topological polar surface area (TPSA) is 123 Å².